The average Bonchev–Trinajstić information content (AvgIpc) is 2.81. The summed E-state index contributed by atoms with van der Waals surface area (Å²) >= 11 is 0. The van der Waals surface area contributed by atoms with Crippen LogP contribution in [0.1, 0.15) is 30.4 Å². The van der Waals surface area contributed by atoms with Gasteiger partial charge in [-0.15, -0.1) is 0 Å². The number of aryl methyl sites for hydroxylation is 2. The minimum atomic E-state index is -3.59. The van der Waals surface area contributed by atoms with E-state index in [2.05, 4.69) is 4.72 Å². The lowest BCUT2D eigenvalue weighted by Crippen LogP contribution is -2.34. The van der Waals surface area contributed by atoms with Gasteiger partial charge in [0.05, 0.1) is 11.8 Å². The van der Waals surface area contributed by atoms with Crippen molar-refractivity contribution in [3.8, 4) is 0 Å². The Kier molecular flexibility index (Phi) is 4.36. The van der Waals surface area contributed by atoms with E-state index in [0.29, 0.717) is 17.7 Å². The minimum absolute atomic E-state index is 0.0794. The molecule has 1 fully saturated rings. The third-order valence-corrected chi connectivity index (χ3v) is 5.64. The van der Waals surface area contributed by atoms with Gasteiger partial charge in [0.1, 0.15) is 4.90 Å². The molecule has 0 saturated heterocycles. The van der Waals surface area contributed by atoms with Crippen LogP contribution in [0.5, 0.6) is 0 Å². The highest BCUT2D eigenvalue weighted by atomic mass is 32.2. The quantitative estimate of drug-likeness (QED) is 0.830. The third-order valence-electron chi connectivity index (χ3n) is 3.92. The zero-order chi connectivity index (χ0) is 14.9. The van der Waals surface area contributed by atoms with Gasteiger partial charge >= 0.3 is 0 Å². The van der Waals surface area contributed by atoms with Crippen LogP contribution in [0, 0.1) is 13.8 Å². The van der Waals surface area contributed by atoms with Gasteiger partial charge in [0.25, 0.3) is 0 Å². The number of nitrogens with one attached hydrogen (secondary N) is 1. The van der Waals surface area contributed by atoms with Gasteiger partial charge in [0, 0.05) is 13.2 Å². The van der Waals surface area contributed by atoms with E-state index in [-0.39, 0.29) is 17.0 Å². The van der Waals surface area contributed by atoms with Crippen LogP contribution in [-0.2, 0) is 14.8 Å². The van der Waals surface area contributed by atoms with E-state index in [1.54, 1.807) is 20.1 Å². The summed E-state index contributed by atoms with van der Waals surface area (Å²) in [7, 11) is -1.93. The summed E-state index contributed by atoms with van der Waals surface area (Å²) in [4.78, 5) is 0.207. The molecule has 112 valence electrons. The highest BCUT2D eigenvalue weighted by Gasteiger charge is 2.30. The van der Waals surface area contributed by atoms with Gasteiger partial charge < -0.3 is 10.5 Å². The Morgan fingerprint density at radius 3 is 2.50 bits per heavy atom. The molecule has 0 spiro atoms. The zero-order valence-electron chi connectivity index (χ0n) is 12.1. The number of nitrogens with two attached hydrogens (primary N) is 1. The lowest BCUT2D eigenvalue weighted by molar-refractivity contribution is 0.107. The fourth-order valence-corrected chi connectivity index (χ4v) is 4.42. The van der Waals surface area contributed by atoms with E-state index in [9.17, 15) is 8.42 Å². The Bertz CT molecular complexity index is 599. The second-order valence-electron chi connectivity index (χ2n) is 5.43. The summed E-state index contributed by atoms with van der Waals surface area (Å²) in [5.74, 6) is 0. The van der Waals surface area contributed by atoms with Gasteiger partial charge in [-0.3, -0.25) is 0 Å². The number of anilines is 1. The number of hydrogen-bond donors (Lipinski definition) is 2. The first kappa shape index (κ1) is 15.3. The molecule has 1 aliphatic rings. The molecule has 1 aliphatic carbocycles. The molecule has 1 aromatic carbocycles. The molecule has 6 heteroatoms. The Hall–Kier alpha value is -1.11. The molecule has 0 heterocycles. The Balaban J connectivity index is 2.26. The zero-order valence-corrected chi connectivity index (χ0v) is 13.0. The van der Waals surface area contributed by atoms with E-state index in [1.807, 2.05) is 13.0 Å². The maximum Gasteiger partial charge on any atom is 0.243 e. The van der Waals surface area contributed by atoms with Gasteiger partial charge in [0.2, 0.25) is 10.0 Å². The molecule has 0 aliphatic heterocycles. The number of rotatable bonds is 4. The van der Waals surface area contributed by atoms with Crippen LogP contribution >= 0.6 is 0 Å². The molecule has 0 bridgehead atoms. The highest BCUT2D eigenvalue weighted by molar-refractivity contribution is 7.89. The minimum Gasteiger partial charge on any atom is -0.397 e. The highest BCUT2D eigenvalue weighted by Crippen LogP contribution is 2.28. The van der Waals surface area contributed by atoms with E-state index in [0.717, 1.165) is 18.4 Å². The smallest absolute Gasteiger partial charge is 0.243 e. The summed E-state index contributed by atoms with van der Waals surface area (Å²) < 4.78 is 33.1. The lowest BCUT2D eigenvalue weighted by Gasteiger charge is -2.17. The number of methoxy groups -OCH3 is 1. The molecule has 0 radical (unpaired) electrons. The number of nitrogen functional groups attached to an aromatic ring is 1. The molecule has 2 rings (SSSR count). The Morgan fingerprint density at radius 2 is 1.90 bits per heavy atom. The van der Waals surface area contributed by atoms with Gasteiger partial charge in [-0.2, -0.15) is 0 Å². The summed E-state index contributed by atoms with van der Waals surface area (Å²) in [5.41, 5.74) is 7.73. The van der Waals surface area contributed by atoms with Crippen molar-refractivity contribution in [3.63, 3.8) is 0 Å². The molecule has 3 N–H and O–H groups in total. The summed E-state index contributed by atoms with van der Waals surface area (Å²) in [6.45, 7) is 3.57. The van der Waals surface area contributed by atoms with Crippen molar-refractivity contribution in [2.75, 3.05) is 12.8 Å². The molecular formula is C14H22N2O3S. The standard InChI is InChI=1S/C14H22N2O3S/c1-9-4-5-10(2)14(13(9)15)20(17,18)16-11-6-7-12(8-11)19-3/h4-5,11-12,16H,6-8,15H2,1-3H3. The second kappa shape index (κ2) is 5.71. The molecule has 2 unspecified atom stereocenters. The van der Waals surface area contributed by atoms with Gasteiger partial charge in [-0.25, -0.2) is 13.1 Å². The van der Waals surface area contributed by atoms with E-state index < -0.39 is 10.0 Å². The fraction of sp³-hybridized carbons (Fsp3) is 0.571. The van der Waals surface area contributed by atoms with Crippen LogP contribution in [-0.4, -0.2) is 27.7 Å². The van der Waals surface area contributed by atoms with Gasteiger partial charge in [-0.05, 0) is 44.2 Å². The molecule has 0 amide bonds. The van der Waals surface area contributed by atoms with E-state index >= 15 is 0 Å². The number of hydrogen-bond acceptors (Lipinski definition) is 4. The first-order valence-corrected chi connectivity index (χ1v) is 8.24. The van der Waals surface area contributed by atoms with Crippen LogP contribution in [0.15, 0.2) is 17.0 Å². The van der Waals surface area contributed by atoms with Crippen molar-refractivity contribution < 1.29 is 13.2 Å². The summed E-state index contributed by atoms with van der Waals surface area (Å²) in [6, 6.07) is 3.54. The molecule has 1 saturated carbocycles. The van der Waals surface area contributed by atoms with Crippen molar-refractivity contribution in [1.82, 2.24) is 4.72 Å². The Morgan fingerprint density at radius 1 is 1.25 bits per heavy atom. The number of benzene rings is 1. The Labute approximate surface area is 120 Å². The predicted octanol–water partition coefficient (Wildman–Crippen LogP) is 1.73. The maximum absolute atomic E-state index is 12.5. The van der Waals surface area contributed by atoms with E-state index in [4.69, 9.17) is 10.5 Å². The van der Waals surface area contributed by atoms with Crippen LogP contribution in [0.4, 0.5) is 5.69 Å². The van der Waals surface area contributed by atoms with Gasteiger partial charge in [0.15, 0.2) is 0 Å². The monoisotopic (exact) mass is 298 g/mol. The van der Waals surface area contributed by atoms with Crippen molar-refractivity contribution in [2.24, 2.45) is 0 Å². The molecule has 5 nitrogen and oxygen atoms in total. The fourth-order valence-electron chi connectivity index (χ4n) is 2.70. The third kappa shape index (κ3) is 2.97. The number of ether oxygens (including phenoxy) is 1. The van der Waals surface area contributed by atoms with Gasteiger partial charge in [-0.1, -0.05) is 12.1 Å². The predicted molar refractivity (Wildman–Crippen MR) is 79.1 cm³/mol. The van der Waals surface area contributed by atoms with Crippen LogP contribution < -0.4 is 10.5 Å². The van der Waals surface area contributed by atoms with Crippen molar-refractivity contribution in [3.05, 3.63) is 23.3 Å². The molecule has 0 aromatic heterocycles. The van der Waals surface area contributed by atoms with Crippen molar-refractivity contribution in [1.29, 1.82) is 0 Å². The molecular weight excluding hydrogens is 276 g/mol. The lowest BCUT2D eigenvalue weighted by atomic mass is 10.1. The van der Waals surface area contributed by atoms with Crippen LogP contribution in [0.25, 0.3) is 0 Å². The van der Waals surface area contributed by atoms with Crippen LogP contribution in [0.3, 0.4) is 0 Å². The van der Waals surface area contributed by atoms with Crippen LogP contribution in [0.2, 0.25) is 0 Å². The summed E-state index contributed by atoms with van der Waals surface area (Å²) in [6.07, 6.45) is 2.52. The SMILES string of the molecule is COC1CCC(NS(=O)(=O)c2c(C)ccc(C)c2N)C1. The molecule has 2 atom stereocenters. The van der Waals surface area contributed by atoms with E-state index in [1.165, 1.54) is 0 Å². The first-order valence-electron chi connectivity index (χ1n) is 6.76. The van der Waals surface area contributed by atoms with Crippen molar-refractivity contribution in [2.45, 2.75) is 50.2 Å². The maximum atomic E-state index is 12.5. The largest absolute Gasteiger partial charge is 0.397 e. The first-order chi connectivity index (χ1) is 9.35. The van der Waals surface area contributed by atoms with Crippen molar-refractivity contribution >= 4 is 15.7 Å². The molecule has 1 aromatic rings. The topological polar surface area (TPSA) is 81.4 Å². The number of sulfonamides is 1. The average molecular weight is 298 g/mol. The summed E-state index contributed by atoms with van der Waals surface area (Å²) in [5, 5.41) is 0. The molecule has 20 heavy (non-hydrogen) atoms. The normalized spacial score (nSPS) is 23.1. The second-order valence-corrected chi connectivity index (χ2v) is 7.08.